The largest absolute Gasteiger partial charge is 0.344 e. The van der Waals surface area contributed by atoms with E-state index in [0.717, 1.165) is 43.2 Å². The number of ether oxygens (including phenoxy) is 2. The molecule has 5 heteroatoms. The SMILES string of the molecule is CC[C@@H]1OC2(CCCC2)O[C@@H]1[C@]1(Br)C(=O)N([C@@H](C)c2ccccc2)[C@H]1c1ccccc1. The summed E-state index contributed by atoms with van der Waals surface area (Å²) < 4.78 is 12.3. The lowest BCUT2D eigenvalue weighted by atomic mass is 9.75. The highest BCUT2D eigenvalue weighted by molar-refractivity contribution is 9.10. The standard InChI is InChI=1S/C26H30BrNO3/c1-3-21-23(31-25(30-21)16-10-11-17-25)26(27)22(20-14-8-5-9-15-20)28(24(26)29)18(2)19-12-6-4-7-13-19/h4-9,12-15,18,21-23H,3,10-11,16-17H2,1-2H3/t18-,21-,22-,23-,26-/m0/s1. The summed E-state index contributed by atoms with van der Waals surface area (Å²) in [6, 6.07) is 20.4. The Balaban J connectivity index is 1.53. The predicted octanol–water partition coefficient (Wildman–Crippen LogP) is 5.93. The van der Waals surface area contributed by atoms with Crippen LogP contribution in [0.15, 0.2) is 60.7 Å². The zero-order valence-corrected chi connectivity index (χ0v) is 19.8. The number of halogens is 1. The highest BCUT2D eigenvalue weighted by Gasteiger charge is 2.70. The molecule has 0 aromatic heterocycles. The van der Waals surface area contributed by atoms with Gasteiger partial charge in [0.1, 0.15) is 6.10 Å². The maximum Gasteiger partial charge on any atom is 0.245 e. The molecule has 164 valence electrons. The zero-order valence-electron chi connectivity index (χ0n) is 18.2. The number of nitrogens with zero attached hydrogens (tertiary/aromatic N) is 1. The number of amides is 1. The summed E-state index contributed by atoms with van der Waals surface area (Å²) in [5, 5.41) is 0. The third kappa shape index (κ3) is 3.28. The van der Waals surface area contributed by atoms with Crippen molar-refractivity contribution >= 4 is 21.8 Å². The Morgan fingerprint density at radius 3 is 2.26 bits per heavy atom. The van der Waals surface area contributed by atoms with Crippen molar-refractivity contribution in [2.45, 2.75) is 80.4 Å². The molecule has 2 aromatic carbocycles. The molecule has 2 heterocycles. The van der Waals surface area contributed by atoms with E-state index < -0.39 is 10.1 Å². The van der Waals surface area contributed by atoms with Crippen molar-refractivity contribution in [3.63, 3.8) is 0 Å². The number of carbonyl (C=O) groups excluding carboxylic acids is 1. The lowest BCUT2D eigenvalue weighted by Crippen LogP contribution is -2.71. The van der Waals surface area contributed by atoms with Gasteiger partial charge in [0.2, 0.25) is 5.91 Å². The first-order chi connectivity index (χ1) is 15.0. The highest BCUT2D eigenvalue weighted by atomic mass is 79.9. The topological polar surface area (TPSA) is 38.8 Å². The Morgan fingerprint density at radius 2 is 1.65 bits per heavy atom. The summed E-state index contributed by atoms with van der Waals surface area (Å²) in [6.07, 6.45) is 4.48. The van der Waals surface area contributed by atoms with Crippen molar-refractivity contribution in [2.75, 3.05) is 0 Å². The normalized spacial score (nSPS) is 32.9. The van der Waals surface area contributed by atoms with Gasteiger partial charge in [-0.1, -0.05) is 83.5 Å². The molecular formula is C26H30BrNO3. The molecule has 1 spiro atoms. The van der Waals surface area contributed by atoms with Gasteiger partial charge in [0.05, 0.1) is 18.2 Å². The van der Waals surface area contributed by atoms with Crippen LogP contribution in [0.3, 0.4) is 0 Å². The van der Waals surface area contributed by atoms with Gasteiger partial charge in [-0.25, -0.2) is 0 Å². The maximum atomic E-state index is 13.9. The molecule has 31 heavy (non-hydrogen) atoms. The first-order valence-electron chi connectivity index (χ1n) is 11.5. The van der Waals surface area contributed by atoms with Crippen LogP contribution in [0.25, 0.3) is 0 Å². The zero-order chi connectivity index (χ0) is 21.6. The van der Waals surface area contributed by atoms with E-state index in [1.807, 2.05) is 41.3 Å². The molecule has 5 rings (SSSR count). The van der Waals surface area contributed by atoms with E-state index >= 15 is 0 Å². The van der Waals surface area contributed by atoms with Crippen molar-refractivity contribution in [1.29, 1.82) is 0 Å². The van der Waals surface area contributed by atoms with Crippen molar-refractivity contribution in [3.8, 4) is 0 Å². The van der Waals surface area contributed by atoms with Gasteiger partial charge in [-0.05, 0) is 37.3 Å². The molecule has 0 N–H and O–H groups in total. The number of likely N-dealkylation sites (tertiary alicyclic amines) is 1. The molecule has 3 aliphatic rings. The third-order valence-corrected chi connectivity index (χ3v) is 8.50. The molecule has 0 unspecified atom stereocenters. The summed E-state index contributed by atoms with van der Waals surface area (Å²) in [7, 11) is 0. The average molecular weight is 484 g/mol. The summed E-state index contributed by atoms with van der Waals surface area (Å²) >= 11 is 3.96. The van der Waals surface area contributed by atoms with Crippen LogP contribution in [0.1, 0.15) is 69.2 Å². The van der Waals surface area contributed by atoms with Crippen LogP contribution in [-0.2, 0) is 14.3 Å². The monoisotopic (exact) mass is 483 g/mol. The molecule has 1 aliphatic carbocycles. The Morgan fingerprint density at radius 1 is 1.03 bits per heavy atom. The molecule has 0 radical (unpaired) electrons. The summed E-state index contributed by atoms with van der Waals surface area (Å²) in [5.41, 5.74) is 2.25. The Kier molecular flexibility index (Phi) is 5.48. The van der Waals surface area contributed by atoms with E-state index in [1.54, 1.807) is 0 Å². The van der Waals surface area contributed by atoms with E-state index in [2.05, 4.69) is 54.0 Å². The number of rotatable bonds is 5. The van der Waals surface area contributed by atoms with Gasteiger partial charge >= 0.3 is 0 Å². The molecule has 1 saturated carbocycles. The molecule has 0 bridgehead atoms. The van der Waals surface area contributed by atoms with Gasteiger partial charge in [0.25, 0.3) is 0 Å². The summed E-state index contributed by atoms with van der Waals surface area (Å²) in [5.74, 6) is -0.432. The second-order valence-electron chi connectivity index (χ2n) is 9.10. The Hall–Kier alpha value is -1.69. The molecule has 2 saturated heterocycles. The van der Waals surface area contributed by atoms with Crippen molar-refractivity contribution in [3.05, 3.63) is 71.8 Å². The molecule has 3 fully saturated rings. The van der Waals surface area contributed by atoms with Gasteiger partial charge < -0.3 is 14.4 Å². The molecule has 5 atom stereocenters. The molecule has 2 aliphatic heterocycles. The number of hydrogen-bond donors (Lipinski definition) is 0. The quantitative estimate of drug-likeness (QED) is 0.390. The van der Waals surface area contributed by atoms with Gasteiger partial charge in [-0.3, -0.25) is 4.79 Å². The highest BCUT2D eigenvalue weighted by Crippen LogP contribution is 2.59. The maximum absolute atomic E-state index is 13.9. The average Bonchev–Trinajstić information content (AvgIpc) is 3.43. The van der Waals surface area contributed by atoms with E-state index in [1.165, 1.54) is 0 Å². The molecule has 4 nitrogen and oxygen atoms in total. The van der Waals surface area contributed by atoms with Crippen LogP contribution in [0.5, 0.6) is 0 Å². The number of hydrogen-bond acceptors (Lipinski definition) is 3. The molecule has 1 amide bonds. The minimum Gasteiger partial charge on any atom is -0.344 e. The van der Waals surface area contributed by atoms with E-state index in [4.69, 9.17) is 9.47 Å². The second-order valence-corrected chi connectivity index (χ2v) is 10.4. The van der Waals surface area contributed by atoms with Gasteiger partial charge in [0.15, 0.2) is 10.1 Å². The number of alkyl halides is 1. The van der Waals surface area contributed by atoms with Crippen molar-refractivity contribution in [2.24, 2.45) is 0 Å². The minimum absolute atomic E-state index is 0.0348. The number of β-lactam (4-membered cyclic amide) rings is 1. The second kappa shape index (κ2) is 8.02. The first kappa shape index (κ1) is 21.2. The summed E-state index contributed by atoms with van der Waals surface area (Å²) in [4.78, 5) is 15.9. The van der Waals surface area contributed by atoms with Crippen LogP contribution in [0.4, 0.5) is 0 Å². The van der Waals surface area contributed by atoms with Gasteiger partial charge in [0, 0.05) is 12.8 Å². The predicted molar refractivity (Wildman–Crippen MR) is 124 cm³/mol. The van der Waals surface area contributed by atoms with Crippen LogP contribution in [-0.4, -0.2) is 33.1 Å². The smallest absolute Gasteiger partial charge is 0.245 e. The van der Waals surface area contributed by atoms with Crippen molar-refractivity contribution < 1.29 is 14.3 Å². The van der Waals surface area contributed by atoms with Crippen LogP contribution >= 0.6 is 15.9 Å². The van der Waals surface area contributed by atoms with E-state index in [0.29, 0.717) is 0 Å². The lowest BCUT2D eigenvalue weighted by molar-refractivity contribution is -0.186. The van der Waals surface area contributed by atoms with E-state index in [9.17, 15) is 4.79 Å². The lowest BCUT2D eigenvalue weighted by Gasteiger charge is -2.58. The van der Waals surface area contributed by atoms with Gasteiger partial charge in [-0.15, -0.1) is 0 Å². The fourth-order valence-electron chi connectivity index (χ4n) is 5.65. The fraction of sp³-hybridized carbons (Fsp3) is 0.500. The molecule has 2 aromatic rings. The third-order valence-electron chi connectivity index (χ3n) is 7.28. The minimum atomic E-state index is -0.829. The van der Waals surface area contributed by atoms with Gasteiger partial charge in [-0.2, -0.15) is 0 Å². The molecular weight excluding hydrogens is 454 g/mol. The Labute approximate surface area is 193 Å². The van der Waals surface area contributed by atoms with Crippen LogP contribution < -0.4 is 0 Å². The van der Waals surface area contributed by atoms with Crippen LogP contribution in [0.2, 0.25) is 0 Å². The Bertz CT molecular complexity index is 930. The van der Waals surface area contributed by atoms with Crippen molar-refractivity contribution in [1.82, 2.24) is 4.90 Å². The number of benzene rings is 2. The number of carbonyl (C=O) groups is 1. The summed E-state index contributed by atoms with van der Waals surface area (Å²) in [6.45, 7) is 4.23. The van der Waals surface area contributed by atoms with E-state index in [-0.39, 0.29) is 30.2 Å². The van der Waals surface area contributed by atoms with Crippen LogP contribution in [0, 0.1) is 0 Å². The first-order valence-corrected chi connectivity index (χ1v) is 12.3. The fourth-order valence-corrected chi connectivity index (χ4v) is 6.73.